The molecule has 0 amide bonds. The van der Waals surface area contributed by atoms with Crippen LogP contribution in [0.3, 0.4) is 0 Å². The molecule has 2 aromatic rings. The van der Waals surface area contributed by atoms with Gasteiger partial charge in [-0.2, -0.15) is 74.6 Å². The SMILES string of the molecule is OCC(O)COc1ccc(-c2ccc(OCC(O)CO)c(CCCC(F)(F)C(F)(F)C(F)(F)C(F)(F)C(F)(F)C(F)(F)C(F)(F)C(F)(F)F)c2)cc1. The molecule has 0 saturated heterocycles. The minimum absolute atomic E-state index is 0.176. The number of hydrogen-bond donors (Lipinski definition) is 4. The highest BCUT2D eigenvalue weighted by molar-refractivity contribution is 5.66. The minimum Gasteiger partial charge on any atom is -0.491 e. The zero-order valence-corrected chi connectivity index (χ0v) is 25.7. The van der Waals surface area contributed by atoms with Gasteiger partial charge in [0.05, 0.1) is 13.2 Å². The fourth-order valence-corrected chi connectivity index (χ4v) is 4.18. The number of halogens is 17. The molecule has 2 aromatic carbocycles. The van der Waals surface area contributed by atoms with Gasteiger partial charge in [0.1, 0.15) is 36.9 Å². The summed E-state index contributed by atoms with van der Waals surface area (Å²) in [5.74, 6) is -57.1. The van der Waals surface area contributed by atoms with Crippen LogP contribution in [-0.2, 0) is 6.42 Å². The molecule has 0 radical (unpaired) electrons. The Morgan fingerprint density at radius 2 is 0.942 bits per heavy atom. The third-order valence-electron chi connectivity index (χ3n) is 7.27. The average Bonchev–Trinajstić information content (AvgIpc) is 3.05. The second-order valence-electron chi connectivity index (χ2n) is 11.1. The average molecular weight is 794 g/mol. The van der Waals surface area contributed by atoms with Crippen LogP contribution in [-0.4, -0.2) is 107 Å². The molecule has 298 valence electrons. The maximum absolute atomic E-state index is 14.5. The third-order valence-corrected chi connectivity index (χ3v) is 7.27. The van der Waals surface area contributed by atoms with Crippen molar-refractivity contribution >= 4 is 0 Å². The Morgan fingerprint density at radius 1 is 0.519 bits per heavy atom. The standard InChI is InChI=1S/C29H27F17O6/c30-22(31,23(32,33)24(34,35)25(36,37)26(38,39)27(40,41)28(42,43)29(44,45)46)9-1-2-17-10-16(5-8-21(17)52-14-19(50)12-48)15-3-6-20(7-4-15)51-13-18(49)11-47/h3-8,10,18-19,47-50H,1-2,9,11-14H2. The summed E-state index contributed by atoms with van der Waals surface area (Å²) in [5, 5.41) is 36.7. The first kappa shape index (κ1) is 44.8. The van der Waals surface area contributed by atoms with E-state index in [1.165, 1.54) is 30.3 Å². The monoisotopic (exact) mass is 794 g/mol. The van der Waals surface area contributed by atoms with E-state index < -0.39 is 98.9 Å². The lowest BCUT2D eigenvalue weighted by Crippen LogP contribution is -2.74. The van der Waals surface area contributed by atoms with Crippen molar-refractivity contribution in [2.45, 2.75) is 79.1 Å². The number of aryl methyl sites for hydroxylation is 1. The minimum atomic E-state index is -8.71. The maximum atomic E-state index is 14.5. The van der Waals surface area contributed by atoms with Crippen LogP contribution in [0.25, 0.3) is 11.1 Å². The van der Waals surface area contributed by atoms with E-state index in [1.807, 2.05) is 0 Å². The largest absolute Gasteiger partial charge is 0.491 e. The van der Waals surface area contributed by atoms with Crippen LogP contribution in [0.4, 0.5) is 74.6 Å². The van der Waals surface area contributed by atoms with Crippen molar-refractivity contribution in [3.63, 3.8) is 0 Å². The second-order valence-corrected chi connectivity index (χ2v) is 11.1. The van der Waals surface area contributed by atoms with Crippen molar-refractivity contribution < 1.29 is 105 Å². The van der Waals surface area contributed by atoms with Gasteiger partial charge in [-0.05, 0) is 53.8 Å². The normalized spacial score (nSPS) is 15.4. The quantitative estimate of drug-likeness (QED) is 0.113. The number of benzene rings is 2. The van der Waals surface area contributed by atoms with Crippen LogP contribution in [0.15, 0.2) is 42.5 Å². The van der Waals surface area contributed by atoms with Gasteiger partial charge in [-0.15, -0.1) is 0 Å². The van der Waals surface area contributed by atoms with E-state index in [2.05, 4.69) is 0 Å². The maximum Gasteiger partial charge on any atom is 0.460 e. The smallest absolute Gasteiger partial charge is 0.460 e. The topological polar surface area (TPSA) is 99.4 Å². The van der Waals surface area contributed by atoms with Gasteiger partial charge in [0.2, 0.25) is 0 Å². The molecule has 4 N–H and O–H groups in total. The molecule has 2 unspecified atom stereocenters. The van der Waals surface area contributed by atoms with E-state index >= 15 is 0 Å². The zero-order valence-electron chi connectivity index (χ0n) is 25.7. The number of aliphatic hydroxyl groups excluding tert-OH is 4. The molecule has 0 aliphatic rings. The molecule has 0 saturated carbocycles. The number of aliphatic hydroxyl groups is 4. The van der Waals surface area contributed by atoms with Crippen molar-refractivity contribution in [3.05, 3.63) is 48.0 Å². The Kier molecular flexibility index (Phi) is 13.4. The van der Waals surface area contributed by atoms with Gasteiger partial charge >= 0.3 is 47.6 Å². The number of rotatable bonds is 19. The lowest BCUT2D eigenvalue weighted by Gasteiger charge is -2.42. The third kappa shape index (κ3) is 8.40. The summed E-state index contributed by atoms with van der Waals surface area (Å²) < 4.78 is 242. The first-order valence-electron chi connectivity index (χ1n) is 14.2. The summed E-state index contributed by atoms with van der Waals surface area (Å²) in [5.41, 5.74) is 0.241. The molecular weight excluding hydrogens is 767 g/mol. The summed E-state index contributed by atoms with van der Waals surface area (Å²) in [6, 6.07) is 9.00. The highest BCUT2D eigenvalue weighted by Crippen LogP contribution is 2.64. The van der Waals surface area contributed by atoms with Crippen LogP contribution in [0.5, 0.6) is 11.5 Å². The molecule has 0 fully saturated rings. The summed E-state index contributed by atoms with van der Waals surface area (Å²) in [7, 11) is 0. The molecule has 6 nitrogen and oxygen atoms in total. The Balaban J connectivity index is 2.41. The van der Waals surface area contributed by atoms with Gasteiger partial charge < -0.3 is 29.9 Å². The van der Waals surface area contributed by atoms with Crippen molar-refractivity contribution in [1.82, 2.24) is 0 Å². The van der Waals surface area contributed by atoms with Crippen molar-refractivity contribution in [2.24, 2.45) is 0 Å². The van der Waals surface area contributed by atoms with Crippen LogP contribution < -0.4 is 9.47 Å². The van der Waals surface area contributed by atoms with E-state index in [1.54, 1.807) is 0 Å². The highest BCUT2D eigenvalue weighted by Gasteiger charge is 2.95. The van der Waals surface area contributed by atoms with Crippen molar-refractivity contribution in [2.75, 3.05) is 26.4 Å². The van der Waals surface area contributed by atoms with E-state index in [4.69, 9.17) is 19.7 Å². The van der Waals surface area contributed by atoms with Gasteiger partial charge in [0.25, 0.3) is 0 Å². The fourth-order valence-electron chi connectivity index (χ4n) is 4.18. The van der Waals surface area contributed by atoms with E-state index in [0.717, 1.165) is 12.1 Å². The number of ether oxygens (including phenoxy) is 2. The molecule has 23 heteroatoms. The molecule has 52 heavy (non-hydrogen) atoms. The molecule has 2 rings (SSSR count). The van der Waals surface area contributed by atoms with Gasteiger partial charge in [0, 0.05) is 6.42 Å². The lowest BCUT2D eigenvalue weighted by molar-refractivity contribution is -0.461. The molecule has 0 spiro atoms. The van der Waals surface area contributed by atoms with E-state index in [0.29, 0.717) is 5.56 Å². The Hall–Kier alpha value is -3.31. The van der Waals surface area contributed by atoms with Gasteiger partial charge in [-0.3, -0.25) is 0 Å². The van der Waals surface area contributed by atoms with Gasteiger partial charge in [-0.1, -0.05) is 18.2 Å². The summed E-state index contributed by atoms with van der Waals surface area (Å²) in [6.45, 7) is -2.49. The predicted molar refractivity (Wildman–Crippen MR) is 143 cm³/mol. The van der Waals surface area contributed by atoms with Gasteiger partial charge in [0.15, 0.2) is 0 Å². The molecule has 0 aliphatic carbocycles. The summed E-state index contributed by atoms with van der Waals surface area (Å²) in [6.07, 6.45) is -15.6. The predicted octanol–water partition coefficient (Wildman–Crippen LogP) is 7.15. The molecule has 2 atom stereocenters. The molecular formula is C29H27F17O6. The first-order chi connectivity index (χ1) is 23.5. The van der Waals surface area contributed by atoms with Gasteiger partial charge in [-0.25, -0.2) is 0 Å². The van der Waals surface area contributed by atoms with Crippen molar-refractivity contribution in [3.8, 4) is 22.6 Å². The van der Waals surface area contributed by atoms with Crippen molar-refractivity contribution in [1.29, 1.82) is 0 Å². The fraction of sp³-hybridized carbons (Fsp3) is 0.586. The second kappa shape index (κ2) is 15.6. The summed E-state index contributed by atoms with van der Waals surface area (Å²) >= 11 is 0. The van der Waals surface area contributed by atoms with Crippen LogP contribution >= 0.6 is 0 Å². The molecule has 0 aromatic heterocycles. The van der Waals surface area contributed by atoms with Crippen LogP contribution in [0, 0.1) is 0 Å². The highest BCUT2D eigenvalue weighted by atomic mass is 19.4. The van der Waals surface area contributed by atoms with E-state index in [9.17, 15) is 84.9 Å². The number of alkyl halides is 17. The molecule has 0 aliphatic heterocycles. The zero-order chi connectivity index (χ0) is 40.4. The Bertz CT molecular complexity index is 1470. The first-order valence-corrected chi connectivity index (χ1v) is 14.2. The van der Waals surface area contributed by atoms with E-state index in [-0.39, 0.29) is 29.2 Å². The van der Waals surface area contributed by atoms with Crippen LogP contribution in [0.1, 0.15) is 18.4 Å². The molecule has 0 heterocycles. The Labute approximate surface area is 281 Å². The lowest BCUT2D eigenvalue weighted by atomic mass is 9.87. The van der Waals surface area contributed by atoms with Crippen LogP contribution in [0.2, 0.25) is 0 Å². The number of hydrogen-bond acceptors (Lipinski definition) is 6. The molecule has 0 bridgehead atoms. The Morgan fingerprint density at radius 3 is 1.40 bits per heavy atom. The summed E-state index contributed by atoms with van der Waals surface area (Å²) in [4.78, 5) is 0.